The fourth-order valence-corrected chi connectivity index (χ4v) is 2.52. The summed E-state index contributed by atoms with van der Waals surface area (Å²) in [4.78, 5) is 9.32. The lowest BCUT2D eigenvalue weighted by Gasteiger charge is -2.35. The smallest absolute Gasteiger partial charge is 0.0543 e. The summed E-state index contributed by atoms with van der Waals surface area (Å²) in [6.07, 6.45) is 1.87. The van der Waals surface area contributed by atoms with Gasteiger partial charge in [0.25, 0.3) is 0 Å². The third kappa shape index (κ3) is 3.12. The summed E-state index contributed by atoms with van der Waals surface area (Å²) in [5.74, 6) is 0. The zero-order chi connectivity index (χ0) is 12.9. The van der Waals surface area contributed by atoms with Crippen molar-refractivity contribution in [1.29, 1.82) is 0 Å². The molecule has 3 nitrogen and oxygen atoms in total. The molecule has 2 aromatic rings. The molecule has 0 atom stereocenters. The molecule has 1 aliphatic rings. The molecule has 0 spiro atoms. The monoisotopic (exact) mass is 253 g/mol. The van der Waals surface area contributed by atoms with Crippen LogP contribution in [-0.4, -0.2) is 36.1 Å². The van der Waals surface area contributed by atoms with Crippen molar-refractivity contribution in [2.24, 2.45) is 0 Å². The normalized spacial score (nSPS) is 16.5. The van der Waals surface area contributed by atoms with Gasteiger partial charge in [0.05, 0.1) is 5.69 Å². The van der Waals surface area contributed by atoms with Crippen molar-refractivity contribution in [3.8, 4) is 0 Å². The molecule has 98 valence electrons. The summed E-state index contributed by atoms with van der Waals surface area (Å²) >= 11 is 0. The van der Waals surface area contributed by atoms with E-state index in [1.807, 2.05) is 12.3 Å². The van der Waals surface area contributed by atoms with Gasteiger partial charge in [0.15, 0.2) is 0 Å². The number of pyridine rings is 1. The van der Waals surface area contributed by atoms with Crippen LogP contribution in [0.1, 0.15) is 5.69 Å². The van der Waals surface area contributed by atoms with Gasteiger partial charge in [0, 0.05) is 44.6 Å². The van der Waals surface area contributed by atoms with E-state index < -0.39 is 0 Å². The van der Waals surface area contributed by atoms with Crippen LogP contribution in [0, 0.1) is 0 Å². The third-order valence-electron chi connectivity index (χ3n) is 3.61. The molecule has 0 radical (unpaired) electrons. The highest BCUT2D eigenvalue weighted by Gasteiger charge is 2.17. The van der Waals surface area contributed by atoms with E-state index in [-0.39, 0.29) is 0 Å². The predicted molar refractivity (Wildman–Crippen MR) is 78.2 cm³/mol. The minimum atomic E-state index is 0.962. The summed E-state index contributed by atoms with van der Waals surface area (Å²) in [7, 11) is 0. The molecule has 2 heterocycles. The zero-order valence-electron chi connectivity index (χ0n) is 11.1. The Balaban J connectivity index is 1.55. The van der Waals surface area contributed by atoms with Crippen LogP contribution in [0.4, 0.5) is 5.69 Å². The fraction of sp³-hybridized carbons (Fsp3) is 0.312. The Labute approximate surface area is 114 Å². The highest BCUT2D eigenvalue weighted by molar-refractivity contribution is 5.46. The number of benzene rings is 1. The predicted octanol–water partition coefficient (Wildman–Crippen LogP) is 2.40. The first-order valence-corrected chi connectivity index (χ1v) is 6.84. The van der Waals surface area contributed by atoms with Crippen molar-refractivity contribution < 1.29 is 0 Å². The van der Waals surface area contributed by atoms with Crippen molar-refractivity contribution in [3.05, 3.63) is 60.4 Å². The second kappa shape index (κ2) is 5.85. The summed E-state index contributed by atoms with van der Waals surface area (Å²) in [5, 5.41) is 0. The van der Waals surface area contributed by atoms with Gasteiger partial charge in [0.1, 0.15) is 0 Å². The van der Waals surface area contributed by atoms with Gasteiger partial charge >= 0.3 is 0 Å². The highest BCUT2D eigenvalue weighted by Crippen LogP contribution is 2.16. The first kappa shape index (κ1) is 12.2. The number of aromatic nitrogens is 1. The fourth-order valence-electron chi connectivity index (χ4n) is 2.52. The van der Waals surface area contributed by atoms with Crippen molar-refractivity contribution in [1.82, 2.24) is 9.88 Å². The zero-order valence-corrected chi connectivity index (χ0v) is 11.1. The molecular formula is C16H19N3. The number of piperazine rings is 1. The molecule has 1 aliphatic heterocycles. The van der Waals surface area contributed by atoms with Crippen LogP contribution in [0.3, 0.4) is 0 Å². The Morgan fingerprint density at radius 3 is 2.26 bits per heavy atom. The lowest BCUT2D eigenvalue weighted by molar-refractivity contribution is 0.247. The molecule has 1 aromatic heterocycles. The Morgan fingerprint density at radius 2 is 1.58 bits per heavy atom. The van der Waals surface area contributed by atoms with Crippen molar-refractivity contribution in [2.75, 3.05) is 31.1 Å². The van der Waals surface area contributed by atoms with E-state index in [0.717, 1.165) is 38.4 Å². The molecule has 0 unspecified atom stereocenters. The quantitative estimate of drug-likeness (QED) is 0.837. The standard InChI is InChI=1S/C16H19N3/c1-2-7-16(8-3-1)19-12-10-18(11-13-19)14-15-6-4-5-9-17-15/h1-9H,10-14H2. The number of rotatable bonds is 3. The Hall–Kier alpha value is -1.87. The van der Waals surface area contributed by atoms with Crippen LogP contribution in [0.5, 0.6) is 0 Å². The van der Waals surface area contributed by atoms with Gasteiger partial charge < -0.3 is 4.90 Å². The SMILES string of the molecule is c1ccc(N2CCN(Cc3ccccn3)CC2)cc1. The maximum atomic E-state index is 4.39. The first-order chi connectivity index (χ1) is 9.42. The van der Waals surface area contributed by atoms with Gasteiger partial charge in [0.2, 0.25) is 0 Å². The van der Waals surface area contributed by atoms with Gasteiger partial charge in [-0.3, -0.25) is 9.88 Å². The van der Waals surface area contributed by atoms with Gasteiger partial charge in [-0.1, -0.05) is 24.3 Å². The minimum Gasteiger partial charge on any atom is -0.369 e. The molecule has 1 fully saturated rings. The molecular weight excluding hydrogens is 234 g/mol. The lowest BCUT2D eigenvalue weighted by atomic mass is 10.2. The molecule has 0 aliphatic carbocycles. The topological polar surface area (TPSA) is 19.4 Å². The average Bonchev–Trinajstić information content (AvgIpc) is 2.50. The van der Waals surface area contributed by atoms with Crippen LogP contribution in [0.2, 0.25) is 0 Å². The molecule has 1 aromatic carbocycles. The average molecular weight is 253 g/mol. The Kier molecular flexibility index (Phi) is 3.75. The number of hydrogen-bond acceptors (Lipinski definition) is 3. The van der Waals surface area contributed by atoms with Gasteiger partial charge in [-0.25, -0.2) is 0 Å². The number of nitrogens with zero attached hydrogens (tertiary/aromatic N) is 3. The lowest BCUT2D eigenvalue weighted by Crippen LogP contribution is -2.46. The van der Waals surface area contributed by atoms with E-state index in [0.29, 0.717) is 0 Å². The number of anilines is 1. The van der Waals surface area contributed by atoms with E-state index in [1.165, 1.54) is 5.69 Å². The number of para-hydroxylation sites is 1. The summed E-state index contributed by atoms with van der Waals surface area (Å²) < 4.78 is 0. The van der Waals surface area contributed by atoms with E-state index in [2.05, 4.69) is 57.2 Å². The minimum absolute atomic E-state index is 0.962. The molecule has 3 heteroatoms. The Morgan fingerprint density at radius 1 is 0.842 bits per heavy atom. The summed E-state index contributed by atoms with van der Waals surface area (Å²) in [6, 6.07) is 16.8. The van der Waals surface area contributed by atoms with Gasteiger partial charge in [-0.05, 0) is 24.3 Å². The van der Waals surface area contributed by atoms with Crippen LogP contribution in [-0.2, 0) is 6.54 Å². The van der Waals surface area contributed by atoms with E-state index in [1.54, 1.807) is 0 Å². The van der Waals surface area contributed by atoms with Gasteiger partial charge in [-0.15, -0.1) is 0 Å². The van der Waals surface area contributed by atoms with Gasteiger partial charge in [-0.2, -0.15) is 0 Å². The van der Waals surface area contributed by atoms with Crippen LogP contribution in [0.15, 0.2) is 54.7 Å². The Bertz CT molecular complexity index is 490. The van der Waals surface area contributed by atoms with Crippen LogP contribution in [0.25, 0.3) is 0 Å². The molecule has 1 saturated heterocycles. The van der Waals surface area contributed by atoms with E-state index in [9.17, 15) is 0 Å². The van der Waals surface area contributed by atoms with Crippen LogP contribution >= 0.6 is 0 Å². The molecule has 0 bridgehead atoms. The maximum absolute atomic E-state index is 4.39. The number of hydrogen-bond donors (Lipinski definition) is 0. The largest absolute Gasteiger partial charge is 0.369 e. The maximum Gasteiger partial charge on any atom is 0.0543 e. The molecule has 0 amide bonds. The van der Waals surface area contributed by atoms with Crippen molar-refractivity contribution in [2.45, 2.75) is 6.54 Å². The summed E-state index contributed by atoms with van der Waals surface area (Å²) in [6.45, 7) is 5.36. The second-order valence-electron chi connectivity index (χ2n) is 4.92. The highest BCUT2D eigenvalue weighted by atomic mass is 15.3. The van der Waals surface area contributed by atoms with E-state index in [4.69, 9.17) is 0 Å². The molecule has 19 heavy (non-hydrogen) atoms. The van der Waals surface area contributed by atoms with E-state index >= 15 is 0 Å². The summed E-state index contributed by atoms with van der Waals surface area (Å²) in [5.41, 5.74) is 2.50. The molecule has 3 rings (SSSR count). The van der Waals surface area contributed by atoms with Crippen molar-refractivity contribution in [3.63, 3.8) is 0 Å². The molecule has 0 N–H and O–H groups in total. The van der Waals surface area contributed by atoms with Crippen molar-refractivity contribution >= 4 is 5.69 Å². The first-order valence-electron chi connectivity index (χ1n) is 6.84. The van der Waals surface area contributed by atoms with Crippen LogP contribution < -0.4 is 4.90 Å². The second-order valence-corrected chi connectivity index (χ2v) is 4.92. The molecule has 0 saturated carbocycles. The third-order valence-corrected chi connectivity index (χ3v) is 3.61.